The number of para-hydroxylation sites is 1. The van der Waals surface area contributed by atoms with Gasteiger partial charge in [0.25, 0.3) is 0 Å². The van der Waals surface area contributed by atoms with Crippen molar-refractivity contribution in [3.63, 3.8) is 0 Å². The van der Waals surface area contributed by atoms with Crippen molar-refractivity contribution in [3.05, 3.63) is 29.8 Å². The summed E-state index contributed by atoms with van der Waals surface area (Å²) in [6, 6.07) is 7.53. The first kappa shape index (κ1) is 15.8. The van der Waals surface area contributed by atoms with Crippen LogP contribution in [0.1, 0.15) is 18.4 Å². The number of benzene rings is 1. The smallest absolute Gasteiger partial charge is 0.311 e. The fraction of sp³-hybridized carbons (Fsp3) is 0.533. The van der Waals surface area contributed by atoms with E-state index in [0.29, 0.717) is 6.54 Å². The Bertz CT molecular complexity index is 514. The second kappa shape index (κ2) is 6.05. The third kappa shape index (κ3) is 3.97. The molecular weight excluding hydrogens is 281 g/mol. The van der Waals surface area contributed by atoms with Crippen molar-refractivity contribution in [3.8, 4) is 0 Å². The van der Waals surface area contributed by atoms with E-state index >= 15 is 0 Å². The van der Waals surface area contributed by atoms with Gasteiger partial charge in [-0.05, 0) is 32.1 Å². The summed E-state index contributed by atoms with van der Waals surface area (Å²) in [7, 11) is 3.83. The average Bonchev–Trinajstić information content (AvgIpc) is 2.42. The molecule has 0 spiro atoms. The molecule has 3 nitrogen and oxygen atoms in total. The molecule has 0 saturated carbocycles. The summed E-state index contributed by atoms with van der Waals surface area (Å²) in [6.07, 6.45) is -5.08. The van der Waals surface area contributed by atoms with Crippen LogP contribution in [0.15, 0.2) is 24.3 Å². The molecule has 21 heavy (non-hydrogen) atoms. The maximum Gasteiger partial charge on any atom is 0.389 e. The molecule has 0 aliphatic carbocycles. The number of anilines is 1. The fourth-order valence-corrected chi connectivity index (χ4v) is 2.54. The van der Waals surface area contributed by atoms with Gasteiger partial charge in [-0.3, -0.25) is 4.79 Å². The normalized spacial score (nSPS) is 18.8. The van der Waals surface area contributed by atoms with Crippen LogP contribution in [-0.2, 0) is 11.2 Å². The molecule has 0 saturated heterocycles. The largest absolute Gasteiger partial charge is 0.389 e. The van der Waals surface area contributed by atoms with Crippen molar-refractivity contribution in [1.29, 1.82) is 0 Å². The van der Waals surface area contributed by atoms with Crippen LogP contribution in [0.5, 0.6) is 0 Å². The van der Waals surface area contributed by atoms with Gasteiger partial charge in [-0.1, -0.05) is 18.2 Å². The van der Waals surface area contributed by atoms with Gasteiger partial charge in [0.05, 0.1) is 6.42 Å². The second-order valence-corrected chi connectivity index (χ2v) is 5.57. The monoisotopic (exact) mass is 300 g/mol. The van der Waals surface area contributed by atoms with Crippen LogP contribution in [0.3, 0.4) is 0 Å². The summed E-state index contributed by atoms with van der Waals surface area (Å²) < 4.78 is 36.9. The number of rotatable bonds is 3. The number of hydrogen-bond acceptors (Lipinski definition) is 2. The van der Waals surface area contributed by atoms with E-state index in [-0.39, 0.29) is 6.04 Å². The second-order valence-electron chi connectivity index (χ2n) is 5.57. The van der Waals surface area contributed by atoms with Crippen molar-refractivity contribution >= 4 is 11.6 Å². The highest BCUT2D eigenvalue weighted by Crippen LogP contribution is 2.30. The molecule has 0 aromatic heterocycles. The quantitative estimate of drug-likeness (QED) is 0.857. The lowest BCUT2D eigenvalue weighted by molar-refractivity contribution is -0.143. The van der Waals surface area contributed by atoms with Crippen LogP contribution in [0.2, 0.25) is 0 Å². The first-order chi connectivity index (χ1) is 9.78. The molecule has 116 valence electrons. The third-order valence-corrected chi connectivity index (χ3v) is 3.78. The Labute approximate surface area is 122 Å². The highest BCUT2D eigenvalue weighted by atomic mass is 19.4. The molecule has 1 aliphatic heterocycles. The third-order valence-electron chi connectivity index (χ3n) is 3.78. The van der Waals surface area contributed by atoms with Crippen molar-refractivity contribution < 1.29 is 18.0 Å². The van der Waals surface area contributed by atoms with Gasteiger partial charge in [0.1, 0.15) is 0 Å². The zero-order valence-corrected chi connectivity index (χ0v) is 12.2. The minimum Gasteiger partial charge on any atom is -0.311 e. The number of amides is 1. The van der Waals surface area contributed by atoms with E-state index in [9.17, 15) is 18.0 Å². The Morgan fingerprint density at radius 3 is 2.62 bits per heavy atom. The first-order valence-electron chi connectivity index (χ1n) is 6.89. The van der Waals surface area contributed by atoms with Crippen LogP contribution in [-0.4, -0.2) is 43.7 Å². The predicted molar refractivity (Wildman–Crippen MR) is 75.3 cm³/mol. The zero-order chi connectivity index (χ0) is 15.6. The van der Waals surface area contributed by atoms with Crippen LogP contribution in [0, 0.1) is 0 Å². The van der Waals surface area contributed by atoms with Gasteiger partial charge < -0.3 is 9.80 Å². The maximum atomic E-state index is 12.3. The number of carbonyl (C=O) groups is 1. The maximum absolute atomic E-state index is 12.3. The predicted octanol–water partition coefficient (Wildman–Crippen LogP) is 2.85. The molecule has 0 fully saturated rings. The van der Waals surface area contributed by atoms with Gasteiger partial charge in [-0.15, -0.1) is 0 Å². The van der Waals surface area contributed by atoms with E-state index in [0.717, 1.165) is 17.7 Å². The van der Waals surface area contributed by atoms with E-state index in [1.807, 2.05) is 31.1 Å². The average molecular weight is 300 g/mol. The molecule has 1 heterocycles. The van der Waals surface area contributed by atoms with Crippen LogP contribution in [0.4, 0.5) is 18.9 Å². The lowest BCUT2D eigenvalue weighted by Gasteiger charge is -2.37. The summed E-state index contributed by atoms with van der Waals surface area (Å²) in [5, 5.41) is 0. The first-order valence-corrected chi connectivity index (χ1v) is 6.89. The van der Waals surface area contributed by atoms with Crippen molar-refractivity contribution in [2.45, 2.75) is 31.5 Å². The molecular formula is C15H19F3N2O. The van der Waals surface area contributed by atoms with Crippen molar-refractivity contribution in [2.24, 2.45) is 0 Å². The molecule has 1 aromatic carbocycles. The Kier molecular flexibility index (Phi) is 4.56. The molecule has 6 heteroatoms. The topological polar surface area (TPSA) is 23.6 Å². The van der Waals surface area contributed by atoms with E-state index in [4.69, 9.17) is 0 Å². The number of halogens is 3. The summed E-state index contributed by atoms with van der Waals surface area (Å²) in [4.78, 5) is 15.7. The van der Waals surface area contributed by atoms with Crippen LogP contribution < -0.4 is 4.90 Å². The Hall–Kier alpha value is -1.56. The van der Waals surface area contributed by atoms with Crippen LogP contribution >= 0.6 is 0 Å². The minimum absolute atomic E-state index is 0.120. The number of alkyl halides is 3. The fourth-order valence-electron chi connectivity index (χ4n) is 2.54. The molecule has 1 atom stereocenters. The zero-order valence-electron chi connectivity index (χ0n) is 12.2. The van der Waals surface area contributed by atoms with Gasteiger partial charge in [-0.2, -0.15) is 13.2 Å². The summed E-state index contributed by atoms with van der Waals surface area (Å²) in [6.45, 7) is 0.431. The molecule has 0 bridgehead atoms. The Morgan fingerprint density at radius 2 is 2.00 bits per heavy atom. The SMILES string of the molecule is CN(C)C1Cc2ccccc2N(C(=O)CCC(F)(F)F)C1. The minimum atomic E-state index is -4.30. The number of likely N-dealkylation sites (N-methyl/N-ethyl adjacent to an activating group) is 1. The molecule has 2 rings (SSSR count). The van der Waals surface area contributed by atoms with Crippen molar-refractivity contribution in [1.82, 2.24) is 4.90 Å². The molecule has 1 aliphatic rings. The standard InChI is InChI=1S/C15H19F3N2O/c1-19(2)12-9-11-5-3-4-6-13(11)20(10-12)14(21)7-8-15(16,17)18/h3-6,12H,7-10H2,1-2H3. The lowest BCUT2D eigenvalue weighted by atomic mass is 9.96. The van der Waals surface area contributed by atoms with E-state index in [1.54, 1.807) is 12.1 Å². The number of hydrogen-bond donors (Lipinski definition) is 0. The highest BCUT2D eigenvalue weighted by molar-refractivity contribution is 5.94. The van der Waals surface area contributed by atoms with Gasteiger partial charge >= 0.3 is 6.18 Å². The number of carbonyl (C=O) groups excluding carboxylic acids is 1. The number of nitrogens with zero attached hydrogens (tertiary/aromatic N) is 2. The number of fused-ring (bicyclic) bond motifs is 1. The Morgan fingerprint density at radius 1 is 1.33 bits per heavy atom. The van der Waals surface area contributed by atoms with E-state index in [2.05, 4.69) is 0 Å². The van der Waals surface area contributed by atoms with Gasteiger partial charge in [0.15, 0.2) is 0 Å². The van der Waals surface area contributed by atoms with Crippen LogP contribution in [0.25, 0.3) is 0 Å². The van der Waals surface area contributed by atoms with Gasteiger partial charge in [0.2, 0.25) is 5.91 Å². The molecule has 1 unspecified atom stereocenters. The molecule has 0 radical (unpaired) electrons. The molecule has 1 amide bonds. The summed E-state index contributed by atoms with van der Waals surface area (Å²) >= 11 is 0. The summed E-state index contributed by atoms with van der Waals surface area (Å²) in [5.74, 6) is -0.466. The van der Waals surface area contributed by atoms with Gasteiger partial charge in [-0.25, -0.2) is 0 Å². The molecule has 1 aromatic rings. The highest BCUT2D eigenvalue weighted by Gasteiger charge is 2.33. The van der Waals surface area contributed by atoms with Gasteiger partial charge in [0, 0.05) is 24.7 Å². The van der Waals surface area contributed by atoms with Crippen molar-refractivity contribution in [2.75, 3.05) is 25.5 Å². The Balaban J connectivity index is 2.19. The van der Waals surface area contributed by atoms with E-state index in [1.165, 1.54) is 4.90 Å². The lowest BCUT2D eigenvalue weighted by Crippen LogP contribution is -2.48. The van der Waals surface area contributed by atoms with E-state index < -0.39 is 24.9 Å². The summed E-state index contributed by atoms with van der Waals surface area (Å²) in [5.41, 5.74) is 1.74. The molecule has 0 N–H and O–H groups in total.